The summed E-state index contributed by atoms with van der Waals surface area (Å²) in [5.41, 5.74) is 1.17. The summed E-state index contributed by atoms with van der Waals surface area (Å²) in [4.78, 5) is 19.2. The zero-order chi connectivity index (χ0) is 12.8. The summed E-state index contributed by atoms with van der Waals surface area (Å²) in [6.45, 7) is 0.458. The highest BCUT2D eigenvalue weighted by molar-refractivity contribution is 5.93. The summed E-state index contributed by atoms with van der Waals surface area (Å²) in [5.74, 6) is -0.973. The molecule has 0 fully saturated rings. The van der Waals surface area contributed by atoms with Crippen LogP contribution < -0.4 is 5.32 Å². The van der Waals surface area contributed by atoms with Crippen molar-refractivity contribution in [1.82, 2.24) is 15.3 Å². The molecule has 2 heterocycles. The predicted octanol–water partition coefficient (Wildman–Crippen LogP) is 1.59. The molecule has 2 aromatic rings. The minimum absolute atomic E-state index is 0.267. The van der Waals surface area contributed by atoms with Crippen molar-refractivity contribution in [2.45, 2.75) is 6.42 Å². The van der Waals surface area contributed by atoms with Gasteiger partial charge in [-0.05, 0) is 18.2 Å². The third-order valence-corrected chi connectivity index (χ3v) is 2.38. The Kier molecular flexibility index (Phi) is 3.96. The van der Waals surface area contributed by atoms with E-state index in [9.17, 15) is 9.18 Å². The number of pyridine rings is 2. The number of nitrogens with one attached hydrogen (secondary N) is 1. The molecule has 0 aliphatic heterocycles. The quantitative estimate of drug-likeness (QED) is 0.832. The fraction of sp³-hybridized carbons (Fsp3) is 0.154. The van der Waals surface area contributed by atoms with Gasteiger partial charge in [0.25, 0.3) is 5.91 Å². The van der Waals surface area contributed by atoms with Gasteiger partial charge in [-0.25, -0.2) is 4.98 Å². The number of amides is 1. The van der Waals surface area contributed by atoms with E-state index >= 15 is 0 Å². The first-order valence-electron chi connectivity index (χ1n) is 5.55. The van der Waals surface area contributed by atoms with Crippen molar-refractivity contribution >= 4 is 5.91 Å². The normalized spacial score (nSPS) is 10.1. The largest absolute Gasteiger partial charge is 0.352 e. The molecule has 0 atom stereocenters. The van der Waals surface area contributed by atoms with Crippen molar-refractivity contribution in [3.63, 3.8) is 0 Å². The van der Waals surface area contributed by atoms with Crippen LogP contribution in [0, 0.1) is 5.95 Å². The molecule has 92 valence electrons. The van der Waals surface area contributed by atoms with E-state index in [1.807, 2.05) is 18.2 Å². The molecule has 4 nitrogen and oxygen atoms in total. The standard InChI is InChI=1S/C13H12FN3O/c14-12-9-10(4-7-16-12)13(18)17-8-5-11-3-1-2-6-15-11/h1-4,6-7,9H,5,8H2,(H,17,18). The highest BCUT2D eigenvalue weighted by Gasteiger charge is 2.06. The lowest BCUT2D eigenvalue weighted by Crippen LogP contribution is -2.26. The van der Waals surface area contributed by atoms with Gasteiger partial charge in [-0.3, -0.25) is 9.78 Å². The molecule has 18 heavy (non-hydrogen) atoms. The Hall–Kier alpha value is -2.30. The topological polar surface area (TPSA) is 54.9 Å². The molecule has 0 spiro atoms. The van der Waals surface area contributed by atoms with Gasteiger partial charge < -0.3 is 5.32 Å². The molecule has 0 aromatic carbocycles. The van der Waals surface area contributed by atoms with Crippen LogP contribution in [0.25, 0.3) is 0 Å². The van der Waals surface area contributed by atoms with Crippen LogP contribution in [-0.2, 0) is 6.42 Å². The van der Waals surface area contributed by atoms with Gasteiger partial charge in [0.05, 0.1) is 0 Å². The summed E-state index contributed by atoms with van der Waals surface area (Å²) in [6.07, 6.45) is 3.61. The van der Waals surface area contributed by atoms with E-state index < -0.39 is 5.95 Å². The lowest BCUT2D eigenvalue weighted by Gasteiger charge is -2.04. The molecular formula is C13H12FN3O. The number of halogens is 1. The minimum Gasteiger partial charge on any atom is -0.352 e. The maximum atomic E-state index is 12.8. The van der Waals surface area contributed by atoms with Gasteiger partial charge >= 0.3 is 0 Å². The van der Waals surface area contributed by atoms with Crippen LogP contribution in [0.2, 0.25) is 0 Å². The van der Waals surface area contributed by atoms with E-state index in [2.05, 4.69) is 15.3 Å². The first-order valence-corrected chi connectivity index (χ1v) is 5.55. The van der Waals surface area contributed by atoms with Crippen LogP contribution in [0.15, 0.2) is 42.7 Å². The van der Waals surface area contributed by atoms with E-state index in [1.165, 1.54) is 12.3 Å². The van der Waals surface area contributed by atoms with E-state index in [4.69, 9.17) is 0 Å². The molecular weight excluding hydrogens is 233 g/mol. The summed E-state index contributed by atoms with van der Waals surface area (Å²) < 4.78 is 12.8. The van der Waals surface area contributed by atoms with Gasteiger partial charge in [0.15, 0.2) is 0 Å². The second-order valence-electron chi connectivity index (χ2n) is 3.69. The number of rotatable bonds is 4. The molecule has 0 radical (unpaired) electrons. The van der Waals surface area contributed by atoms with E-state index in [1.54, 1.807) is 6.20 Å². The molecule has 0 aliphatic carbocycles. The average Bonchev–Trinajstić information content (AvgIpc) is 2.40. The maximum absolute atomic E-state index is 12.8. The third kappa shape index (κ3) is 3.35. The van der Waals surface area contributed by atoms with Gasteiger partial charge in [-0.15, -0.1) is 0 Å². The second kappa shape index (κ2) is 5.86. The summed E-state index contributed by atoms with van der Waals surface area (Å²) >= 11 is 0. The van der Waals surface area contributed by atoms with Crippen LogP contribution in [0.1, 0.15) is 16.1 Å². The lowest BCUT2D eigenvalue weighted by atomic mass is 10.2. The fourth-order valence-corrected chi connectivity index (χ4v) is 1.50. The number of carbonyl (C=O) groups excluding carboxylic acids is 1. The van der Waals surface area contributed by atoms with Crippen molar-refractivity contribution in [3.8, 4) is 0 Å². The van der Waals surface area contributed by atoms with E-state index in [0.29, 0.717) is 13.0 Å². The second-order valence-corrected chi connectivity index (χ2v) is 3.69. The smallest absolute Gasteiger partial charge is 0.251 e. The lowest BCUT2D eigenvalue weighted by molar-refractivity contribution is 0.0953. The average molecular weight is 245 g/mol. The predicted molar refractivity (Wildman–Crippen MR) is 64.5 cm³/mol. The zero-order valence-corrected chi connectivity index (χ0v) is 9.64. The number of nitrogens with zero attached hydrogens (tertiary/aromatic N) is 2. The molecule has 5 heteroatoms. The summed E-state index contributed by atoms with van der Waals surface area (Å²) in [5, 5.41) is 2.70. The molecule has 2 rings (SSSR count). The number of carbonyl (C=O) groups is 1. The van der Waals surface area contributed by atoms with Crippen LogP contribution in [0.5, 0.6) is 0 Å². The minimum atomic E-state index is -0.660. The SMILES string of the molecule is O=C(NCCc1ccccn1)c1ccnc(F)c1. The van der Waals surface area contributed by atoms with Gasteiger partial charge in [0.2, 0.25) is 5.95 Å². The van der Waals surface area contributed by atoms with Gasteiger partial charge in [-0.2, -0.15) is 4.39 Å². The Morgan fingerprint density at radius 3 is 2.83 bits per heavy atom. The van der Waals surface area contributed by atoms with E-state index in [-0.39, 0.29) is 11.5 Å². The summed E-state index contributed by atoms with van der Waals surface area (Å²) in [7, 11) is 0. The monoisotopic (exact) mass is 245 g/mol. The van der Waals surface area contributed by atoms with Crippen molar-refractivity contribution in [1.29, 1.82) is 0 Å². The van der Waals surface area contributed by atoms with Gasteiger partial charge in [0, 0.05) is 42.7 Å². The molecule has 1 N–H and O–H groups in total. The van der Waals surface area contributed by atoms with Crippen molar-refractivity contribution in [2.75, 3.05) is 6.54 Å². The Balaban J connectivity index is 1.86. The van der Waals surface area contributed by atoms with Crippen LogP contribution in [0.3, 0.4) is 0 Å². The third-order valence-electron chi connectivity index (χ3n) is 2.38. The highest BCUT2D eigenvalue weighted by atomic mass is 19.1. The summed E-state index contributed by atoms with van der Waals surface area (Å²) in [6, 6.07) is 8.19. The first kappa shape index (κ1) is 12.2. The molecule has 0 saturated heterocycles. The zero-order valence-electron chi connectivity index (χ0n) is 9.64. The molecule has 2 aromatic heterocycles. The van der Waals surface area contributed by atoms with Crippen LogP contribution in [-0.4, -0.2) is 22.4 Å². The number of hydrogen-bond acceptors (Lipinski definition) is 3. The molecule has 1 amide bonds. The van der Waals surface area contributed by atoms with Crippen LogP contribution >= 0.6 is 0 Å². The maximum Gasteiger partial charge on any atom is 0.251 e. The molecule has 0 bridgehead atoms. The molecule has 0 saturated carbocycles. The van der Waals surface area contributed by atoms with E-state index in [0.717, 1.165) is 11.8 Å². The molecule has 0 aliphatic rings. The first-order chi connectivity index (χ1) is 8.75. The number of hydrogen-bond donors (Lipinski definition) is 1. The van der Waals surface area contributed by atoms with Crippen LogP contribution in [0.4, 0.5) is 4.39 Å². The van der Waals surface area contributed by atoms with Crippen molar-refractivity contribution in [3.05, 3.63) is 59.9 Å². The fourth-order valence-electron chi connectivity index (χ4n) is 1.50. The Labute approximate surface area is 104 Å². The Morgan fingerprint density at radius 2 is 2.11 bits per heavy atom. The molecule has 0 unspecified atom stereocenters. The highest BCUT2D eigenvalue weighted by Crippen LogP contribution is 2.00. The number of aromatic nitrogens is 2. The Bertz CT molecular complexity index is 531. The van der Waals surface area contributed by atoms with Crippen molar-refractivity contribution < 1.29 is 9.18 Å². The van der Waals surface area contributed by atoms with Gasteiger partial charge in [-0.1, -0.05) is 6.07 Å². The van der Waals surface area contributed by atoms with Gasteiger partial charge in [0.1, 0.15) is 0 Å². The van der Waals surface area contributed by atoms with Crippen molar-refractivity contribution in [2.24, 2.45) is 0 Å². The Morgan fingerprint density at radius 1 is 1.22 bits per heavy atom.